The Morgan fingerprint density at radius 1 is 1.08 bits per heavy atom. The number of hydrogen-bond donors (Lipinski definition) is 0. The van der Waals surface area contributed by atoms with Crippen LogP contribution < -0.4 is 4.74 Å². The van der Waals surface area contributed by atoms with Gasteiger partial charge in [0.1, 0.15) is 11.5 Å². The van der Waals surface area contributed by atoms with Crippen molar-refractivity contribution in [1.29, 1.82) is 0 Å². The van der Waals surface area contributed by atoms with E-state index in [1.54, 1.807) is 0 Å². The Kier molecular flexibility index (Phi) is 7.84. The minimum atomic E-state index is 0.741. The first-order chi connectivity index (χ1) is 11.7. The summed E-state index contributed by atoms with van der Waals surface area (Å²) in [5.74, 6) is 2.72. The third kappa shape index (κ3) is 6.37. The number of ether oxygens (including phenoxy) is 1. The monoisotopic (exact) mass is 325 g/mol. The van der Waals surface area contributed by atoms with E-state index in [1.165, 1.54) is 18.4 Å². The van der Waals surface area contributed by atoms with Gasteiger partial charge in [0.05, 0.1) is 0 Å². The highest BCUT2D eigenvalue weighted by atomic mass is 16.5. The maximum Gasteiger partial charge on any atom is 0.131 e. The van der Waals surface area contributed by atoms with Gasteiger partial charge in [-0.25, -0.2) is 0 Å². The molecule has 0 aliphatic heterocycles. The van der Waals surface area contributed by atoms with Crippen LogP contribution in [0.1, 0.15) is 45.6 Å². The van der Waals surface area contributed by atoms with Crippen molar-refractivity contribution in [2.45, 2.75) is 46.6 Å². The summed E-state index contributed by atoms with van der Waals surface area (Å²) in [6.07, 6.45) is 13.6. The Bertz CT molecular complexity index is 583. The Labute approximate surface area is 147 Å². The molecule has 0 atom stereocenters. The Hall–Kier alpha value is -1.80. The number of rotatable bonds is 9. The van der Waals surface area contributed by atoms with Gasteiger partial charge in [0.15, 0.2) is 0 Å². The summed E-state index contributed by atoms with van der Waals surface area (Å²) < 4.78 is 6.20. The molecule has 0 spiro atoms. The summed E-state index contributed by atoms with van der Waals surface area (Å²) in [6.45, 7) is 10.1. The molecule has 24 heavy (non-hydrogen) atoms. The molecule has 0 heterocycles. The summed E-state index contributed by atoms with van der Waals surface area (Å²) in [5, 5.41) is 0. The zero-order valence-corrected chi connectivity index (χ0v) is 15.4. The Balaban J connectivity index is 2.07. The van der Waals surface area contributed by atoms with E-state index in [-0.39, 0.29) is 0 Å². The third-order valence-corrected chi connectivity index (χ3v) is 4.13. The van der Waals surface area contributed by atoms with Crippen molar-refractivity contribution >= 4 is 0 Å². The molecule has 0 N–H and O–H groups in total. The van der Waals surface area contributed by atoms with Crippen molar-refractivity contribution in [1.82, 2.24) is 4.90 Å². The molecule has 1 aromatic carbocycles. The second-order valence-electron chi connectivity index (χ2n) is 6.82. The van der Waals surface area contributed by atoms with Crippen LogP contribution in [0.25, 0.3) is 0 Å². The molecular formula is C22H31NO. The molecule has 2 nitrogen and oxygen atoms in total. The molecule has 1 aromatic rings. The highest BCUT2D eigenvalue weighted by Crippen LogP contribution is 2.24. The number of para-hydroxylation sites is 1. The molecule has 0 bridgehead atoms. The van der Waals surface area contributed by atoms with Crippen LogP contribution in [0.3, 0.4) is 0 Å². The van der Waals surface area contributed by atoms with Gasteiger partial charge in [-0.3, -0.25) is 4.90 Å². The van der Waals surface area contributed by atoms with Gasteiger partial charge in [0.25, 0.3) is 0 Å². The van der Waals surface area contributed by atoms with Crippen molar-refractivity contribution < 1.29 is 4.74 Å². The fraction of sp³-hybridized carbons (Fsp3) is 0.455. The summed E-state index contributed by atoms with van der Waals surface area (Å²) in [5.41, 5.74) is 1.27. The van der Waals surface area contributed by atoms with Gasteiger partial charge in [-0.1, -0.05) is 63.3 Å². The van der Waals surface area contributed by atoms with Crippen molar-refractivity contribution in [3.63, 3.8) is 0 Å². The zero-order valence-electron chi connectivity index (χ0n) is 15.4. The van der Waals surface area contributed by atoms with Gasteiger partial charge in [-0.2, -0.15) is 0 Å². The van der Waals surface area contributed by atoms with Crippen molar-refractivity contribution in [3.8, 4) is 5.75 Å². The number of hydrogen-bond acceptors (Lipinski definition) is 2. The lowest BCUT2D eigenvalue weighted by molar-refractivity contribution is 0.246. The lowest BCUT2D eigenvalue weighted by Crippen LogP contribution is -2.26. The predicted octanol–water partition coefficient (Wildman–Crippen LogP) is 5.72. The van der Waals surface area contributed by atoms with E-state index < -0.39 is 0 Å². The smallest absolute Gasteiger partial charge is 0.131 e. The maximum atomic E-state index is 6.20. The van der Waals surface area contributed by atoms with E-state index in [1.807, 2.05) is 12.2 Å². The molecule has 1 aliphatic rings. The normalized spacial score (nSPS) is 14.1. The van der Waals surface area contributed by atoms with Crippen LogP contribution in [0.5, 0.6) is 5.75 Å². The average Bonchev–Trinajstić information content (AvgIpc) is 2.83. The first-order valence-corrected chi connectivity index (χ1v) is 9.19. The molecule has 1 aliphatic carbocycles. The van der Waals surface area contributed by atoms with Crippen LogP contribution in [0.15, 0.2) is 60.4 Å². The summed E-state index contributed by atoms with van der Waals surface area (Å²) >= 11 is 0. The van der Waals surface area contributed by atoms with E-state index >= 15 is 0 Å². The molecular weight excluding hydrogens is 294 g/mol. The van der Waals surface area contributed by atoms with Gasteiger partial charge < -0.3 is 4.74 Å². The van der Waals surface area contributed by atoms with E-state index in [9.17, 15) is 0 Å². The van der Waals surface area contributed by atoms with Gasteiger partial charge >= 0.3 is 0 Å². The molecule has 2 rings (SSSR count). The van der Waals surface area contributed by atoms with Gasteiger partial charge in [-0.15, -0.1) is 0 Å². The summed E-state index contributed by atoms with van der Waals surface area (Å²) in [7, 11) is 0. The fourth-order valence-electron chi connectivity index (χ4n) is 2.78. The maximum absolute atomic E-state index is 6.20. The Morgan fingerprint density at radius 2 is 1.92 bits per heavy atom. The summed E-state index contributed by atoms with van der Waals surface area (Å²) in [6, 6.07) is 8.44. The molecule has 0 saturated carbocycles. The number of allylic oxidation sites excluding steroid dienone is 5. The van der Waals surface area contributed by atoms with Crippen LogP contribution in [-0.2, 0) is 6.54 Å². The highest BCUT2D eigenvalue weighted by Gasteiger charge is 2.11. The Morgan fingerprint density at radius 3 is 2.71 bits per heavy atom. The second kappa shape index (κ2) is 10.1. The second-order valence-corrected chi connectivity index (χ2v) is 6.82. The van der Waals surface area contributed by atoms with Gasteiger partial charge in [0, 0.05) is 18.5 Å². The quantitative estimate of drug-likeness (QED) is 0.575. The minimum absolute atomic E-state index is 0.741. The van der Waals surface area contributed by atoms with Crippen LogP contribution in [0.2, 0.25) is 0 Å². The first-order valence-electron chi connectivity index (χ1n) is 9.19. The molecule has 0 fully saturated rings. The lowest BCUT2D eigenvalue weighted by atomic mass is 10.1. The standard InChI is InChI=1S/C22H31NO/c1-4-16-23(17-15-19(2)3)18-20-11-9-10-14-22(20)24-21-12-7-5-6-8-13-21/h5-12,14,19H,4,13,15-18H2,1-3H3. The molecule has 130 valence electrons. The molecule has 0 unspecified atom stereocenters. The van der Waals surface area contributed by atoms with Crippen molar-refractivity contribution in [2.75, 3.05) is 13.1 Å². The predicted molar refractivity (Wildman–Crippen MR) is 103 cm³/mol. The van der Waals surface area contributed by atoms with E-state index in [2.05, 4.69) is 68.2 Å². The van der Waals surface area contributed by atoms with E-state index in [4.69, 9.17) is 4.74 Å². The molecule has 0 aromatic heterocycles. The van der Waals surface area contributed by atoms with Crippen LogP contribution >= 0.6 is 0 Å². The average molecular weight is 325 g/mol. The van der Waals surface area contributed by atoms with Crippen LogP contribution in [-0.4, -0.2) is 18.0 Å². The van der Waals surface area contributed by atoms with Gasteiger partial charge in [0.2, 0.25) is 0 Å². The number of nitrogens with zero attached hydrogens (tertiary/aromatic N) is 1. The molecule has 0 saturated heterocycles. The SMILES string of the molecule is CCCN(CCC(C)C)Cc1ccccc1OC1=CC=CC=CC1. The van der Waals surface area contributed by atoms with E-state index in [0.29, 0.717) is 0 Å². The molecule has 0 amide bonds. The number of benzene rings is 1. The molecule has 2 heteroatoms. The summed E-state index contributed by atoms with van der Waals surface area (Å²) in [4.78, 5) is 2.55. The van der Waals surface area contributed by atoms with Crippen LogP contribution in [0, 0.1) is 5.92 Å². The van der Waals surface area contributed by atoms with Crippen LogP contribution in [0.4, 0.5) is 0 Å². The topological polar surface area (TPSA) is 12.5 Å². The van der Waals surface area contributed by atoms with E-state index in [0.717, 1.165) is 43.5 Å². The minimum Gasteiger partial charge on any atom is -0.461 e. The first kappa shape index (κ1) is 18.5. The largest absolute Gasteiger partial charge is 0.461 e. The zero-order chi connectivity index (χ0) is 17.2. The fourth-order valence-corrected chi connectivity index (χ4v) is 2.78. The molecule has 0 radical (unpaired) electrons. The van der Waals surface area contributed by atoms with Crippen molar-refractivity contribution in [2.24, 2.45) is 5.92 Å². The van der Waals surface area contributed by atoms with Crippen molar-refractivity contribution in [3.05, 3.63) is 66.0 Å². The van der Waals surface area contributed by atoms with Gasteiger partial charge in [-0.05, 0) is 44.0 Å². The lowest BCUT2D eigenvalue weighted by Gasteiger charge is -2.24. The third-order valence-electron chi connectivity index (χ3n) is 4.13. The highest BCUT2D eigenvalue weighted by molar-refractivity contribution is 5.35.